The van der Waals surface area contributed by atoms with Crippen LogP contribution in [0.2, 0.25) is 0 Å². The van der Waals surface area contributed by atoms with Crippen LogP contribution >= 0.6 is 0 Å². The van der Waals surface area contributed by atoms with E-state index in [1.54, 1.807) is 0 Å². The molecule has 1 saturated heterocycles. The average Bonchev–Trinajstić information content (AvgIpc) is 2.85. The van der Waals surface area contributed by atoms with Crippen LogP contribution < -0.4 is 0 Å². The maximum absolute atomic E-state index is 12.1. The molecule has 1 fully saturated rings. The molecule has 0 saturated carbocycles. The molecule has 0 unspecified atom stereocenters. The van der Waals surface area contributed by atoms with Crippen LogP contribution in [0.5, 0.6) is 0 Å². The van der Waals surface area contributed by atoms with Crippen molar-refractivity contribution in [1.82, 2.24) is 4.90 Å². The van der Waals surface area contributed by atoms with Gasteiger partial charge in [0.25, 0.3) is 0 Å². The normalized spacial score (nSPS) is 21.0. The second-order valence-electron chi connectivity index (χ2n) is 5.74. The van der Waals surface area contributed by atoms with Gasteiger partial charge in [0.1, 0.15) is 6.10 Å². The van der Waals surface area contributed by atoms with Crippen molar-refractivity contribution in [2.75, 3.05) is 6.54 Å². The van der Waals surface area contributed by atoms with Crippen molar-refractivity contribution < 1.29 is 9.53 Å². The van der Waals surface area contributed by atoms with E-state index < -0.39 is 0 Å². The van der Waals surface area contributed by atoms with Crippen LogP contribution in [0, 0.1) is 0 Å². The third-order valence-corrected chi connectivity index (χ3v) is 4.23. The Hall–Kier alpha value is -2.29. The van der Waals surface area contributed by atoms with Crippen molar-refractivity contribution in [3.05, 3.63) is 71.8 Å². The molecule has 3 rings (SSSR count). The lowest BCUT2D eigenvalue weighted by atomic mass is 10.0. The Bertz CT molecular complexity index is 612. The van der Waals surface area contributed by atoms with Gasteiger partial charge in [0, 0.05) is 6.54 Å². The summed E-state index contributed by atoms with van der Waals surface area (Å²) in [5, 5.41) is 0. The highest BCUT2D eigenvalue weighted by Crippen LogP contribution is 2.32. The number of nitrogens with zero attached hydrogens (tertiary/aromatic N) is 1. The van der Waals surface area contributed by atoms with Crippen LogP contribution in [-0.4, -0.2) is 23.6 Å². The zero-order valence-corrected chi connectivity index (χ0v) is 12.8. The summed E-state index contributed by atoms with van der Waals surface area (Å²) in [7, 11) is 0. The standard InChI is InChI=1S/C19H21NO2/c1-15-18(17-12-6-3-7-13-17)22-19(21)20(15)14-8-11-16-9-4-2-5-10-16/h2-7,9-10,12-13,15,18H,8,11,14H2,1H3/t15-,18+/m1/s1. The number of hydrogen-bond acceptors (Lipinski definition) is 2. The molecule has 1 aliphatic heterocycles. The Kier molecular flexibility index (Phi) is 4.42. The molecule has 114 valence electrons. The molecule has 3 nitrogen and oxygen atoms in total. The predicted molar refractivity (Wildman–Crippen MR) is 86.6 cm³/mol. The summed E-state index contributed by atoms with van der Waals surface area (Å²) in [4.78, 5) is 14.0. The molecule has 3 heteroatoms. The molecule has 1 aliphatic rings. The van der Waals surface area contributed by atoms with E-state index in [-0.39, 0.29) is 18.2 Å². The van der Waals surface area contributed by atoms with E-state index in [9.17, 15) is 4.79 Å². The molecule has 0 aliphatic carbocycles. The minimum absolute atomic E-state index is 0.0747. The molecule has 0 N–H and O–H groups in total. The molecule has 0 spiro atoms. The second kappa shape index (κ2) is 6.65. The largest absolute Gasteiger partial charge is 0.439 e. The first-order valence-corrected chi connectivity index (χ1v) is 7.82. The van der Waals surface area contributed by atoms with Gasteiger partial charge in [0.2, 0.25) is 0 Å². The van der Waals surface area contributed by atoms with Gasteiger partial charge >= 0.3 is 6.09 Å². The topological polar surface area (TPSA) is 29.5 Å². The molecule has 0 bridgehead atoms. The number of rotatable bonds is 5. The smallest absolute Gasteiger partial charge is 0.410 e. The number of aryl methyl sites for hydroxylation is 1. The van der Waals surface area contributed by atoms with E-state index in [1.165, 1.54) is 5.56 Å². The van der Waals surface area contributed by atoms with Crippen molar-refractivity contribution in [2.24, 2.45) is 0 Å². The summed E-state index contributed by atoms with van der Waals surface area (Å²) in [6.07, 6.45) is 1.57. The molecule has 1 amide bonds. The molecule has 2 aromatic rings. The van der Waals surface area contributed by atoms with Crippen LogP contribution in [0.4, 0.5) is 4.79 Å². The molecular weight excluding hydrogens is 274 g/mol. The fraction of sp³-hybridized carbons (Fsp3) is 0.316. The fourth-order valence-corrected chi connectivity index (χ4v) is 2.99. The van der Waals surface area contributed by atoms with E-state index in [1.807, 2.05) is 53.4 Å². The summed E-state index contributed by atoms with van der Waals surface area (Å²) < 4.78 is 5.56. The van der Waals surface area contributed by atoms with Gasteiger partial charge in [0.05, 0.1) is 6.04 Å². The minimum atomic E-state index is -0.200. The lowest BCUT2D eigenvalue weighted by Gasteiger charge is -2.20. The first-order valence-electron chi connectivity index (χ1n) is 7.82. The van der Waals surface area contributed by atoms with Gasteiger partial charge in [-0.1, -0.05) is 60.7 Å². The summed E-state index contributed by atoms with van der Waals surface area (Å²) in [6.45, 7) is 2.79. The highest BCUT2D eigenvalue weighted by atomic mass is 16.6. The molecule has 0 radical (unpaired) electrons. The lowest BCUT2D eigenvalue weighted by molar-refractivity contribution is 0.130. The molecule has 0 aromatic heterocycles. The first-order chi connectivity index (χ1) is 10.8. The maximum atomic E-state index is 12.1. The van der Waals surface area contributed by atoms with Crippen molar-refractivity contribution in [3.8, 4) is 0 Å². The number of amides is 1. The van der Waals surface area contributed by atoms with E-state index in [0.717, 1.165) is 24.9 Å². The monoisotopic (exact) mass is 295 g/mol. The summed E-state index contributed by atoms with van der Waals surface area (Å²) >= 11 is 0. The van der Waals surface area contributed by atoms with Gasteiger partial charge in [-0.3, -0.25) is 0 Å². The third-order valence-electron chi connectivity index (χ3n) is 4.23. The van der Waals surface area contributed by atoms with E-state index in [2.05, 4.69) is 19.1 Å². The number of ether oxygens (including phenoxy) is 1. The maximum Gasteiger partial charge on any atom is 0.410 e. The molecule has 1 heterocycles. The van der Waals surface area contributed by atoms with Gasteiger partial charge in [-0.2, -0.15) is 0 Å². The van der Waals surface area contributed by atoms with Crippen molar-refractivity contribution in [2.45, 2.75) is 31.9 Å². The SMILES string of the molecule is C[C@@H]1[C@@H](c2ccccc2)OC(=O)N1CCCc1ccccc1. The Balaban J connectivity index is 1.59. The van der Waals surface area contributed by atoms with Crippen molar-refractivity contribution in [1.29, 1.82) is 0 Å². The highest BCUT2D eigenvalue weighted by molar-refractivity contribution is 5.71. The summed E-state index contributed by atoms with van der Waals surface area (Å²) in [5.41, 5.74) is 2.37. The lowest BCUT2D eigenvalue weighted by Crippen LogP contribution is -2.33. The first kappa shape index (κ1) is 14.6. The number of benzene rings is 2. The van der Waals surface area contributed by atoms with Crippen LogP contribution in [0.15, 0.2) is 60.7 Å². The number of cyclic esters (lactones) is 1. The zero-order valence-electron chi connectivity index (χ0n) is 12.8. The van der Waals surface area contributed by atoms with Gasteiger partial charge in [0.15, 0.2) is 0 Å². The van der Waals surface area contributed by atoms with Crippen LogP contribution in [0.25, 0.3) is 0 Å². The van der Waals surface area contributed by atoms with E-state index in [4.69, 9.17) is 4.74 Å². The average molecular weight is 295 g/mol. The van der Waals surface area contributed by atoms with Crippen LogP contribution in [0.1, 0.15) is 30.6 Å². The van der Waals surface area contributed by atoms with Gasteiger partial charge in [-0.15, -0.1) is 0 Å². The quantitative estimate of drug-likeness (QED) is 0.827. The van der Waals surface area contributed by atoms with E-state index >= 15 is 0 Å². The minimum Gasteiger partial charge on any atom is -0.439 e. The summed E-state index contributed by atoms with van der Waals surface area (Å²) in [5.74, 6) is 0. The van der Waals surface area contributed by atoms with Crippen molar-refractivity contribution >= 4 is 6.09 Å². The zero-order chi connectivity index (χ0) is 15.4. The fourth-order valence-electron chi connectivity index (χ4n) is 2.99. The second-order valence-corrected chi connectivity index (χ2v) is 5.74. The Morgan fingerprint density at radius 2 is 1.64 bits per heavy atom. The number of hydrogen-bond donors (Lipinski definition) is 0. The van der Waals surface area contributed by atoms with Crippen LogP contribution in [-0.2, 0) is 11.2 Å². The van der Waals surface area contributed by atoms with Gasteiger partial charge in [-0.05, 0) is 30.9 Å². The van der Waals surface area contributed by atoms with Crippen LogP contribution in [0.3, 0.4) is 0 Å². The molecule has 2 aromatic carbocycles. The molecular formula is C19H21NO2. The third kappa shape index (κ3) is 3.14. The molecule has 22 heavy (non-hydrogen) atoms. The molecule has 2 atom stereocenters. The van der Waals surface area contributed by atoms with Gasteiger partial charge in [-0.25, -0.2) is 4.79 Å². The summed E-state index contributed by atoms with van der Waals surface area (Å²) in [6, 6.07) is 20.4. The van der Waals surface area contributed by atoms with E-state index in [0.29, 0.717) is 0 Å². The number of carbonyl (C=O) groups excluding carboxylic acids is 1. The Morgan fingerprint density at radius 1 is 1.00 bits per heavy atom. The van der Waals surface area contributed by atoms with Crippen molar-refractivity contribution in [3.63, 3.8) is 0 Å². The highest BCUT2D eigenvalue weighted by Gasteiger charge is 2.38. The van der Waals surface area contributed by atoms with Gasteiger partial charge < -0.3 is 9.64 Å². The Labute approximate surface area is 131 Å². The number of carbonyl (C=O) groups is 1. The predicted octanol–water partition coefficient (Wildman–Crippen LogP) is 4.20. The Morgan fingerprint density at radius 3 is 2.32 bits per heavy atom.